The van der Waals surface area contributed by atoms with Crippen molar-refractivity contribution in [1.82, 2.24) is 9.88 Å². The Hall–Kier alpha value is -6.79. The Morgan fingerprint density at radius 3 is 2.41 bits per heavy atom. The molecule has 5 aromatic rings. The molecule has 0 saturated carbocycles. The minimum atomic E-state index is -0.322. The molecule has 4 aromatic carbocycles. The van der Waals surface area contributed by atoms with E-state index in [9.17, 15) is 0 Å². The van der Waals surface area contributed by atoms with E-state index in [4.69, 9.17) is 15.0 Å². The predicted molar refractivity (Wildman–Crippen MR) is 262 cm³/mol. The molecule has 3 aliphatic heterocycles. The molecule has 0 radical (unpaired) electrons. The molecule has 0 N–H and O–H groups in total. The maximum absolute atomic E-state index is 5.82. The Labute approximate surface area is 372 Å². The molecular weight excluding hydrogens is 769 g/mol. The minimum Gasteiger partial charge on any atom is -0.336 e. The summed E-state index contributed by atoms with van der Waals surface area (Å²) < 4.78 is 0. The van der Waals surface area contributed by atoms with Crippen molar-refractivity contribution in [2.24, 2.45) is 15.9 Å². The number of benzene rings is 4. The van der Waals surface area contributed by atoms with Crippen LogP contribution in [-0.4, -0.2) is 40.7 Å². The molecule has 6 nitrogen and oxygen atoms in total. The van der Waals surface area contributed by atoms with E-state index in [1.54, 1.807) is 5.57 Å². The molecule has 5 unspecified atom stereocenters. The average molecular weight is 823 g/mol. The summed E-state index contributed by atoms with van der Waals surface area (Å²) in [4.78, 5) is 24.1. The van der Waals surface area contributed by atoms with E-state index in [1.165, 1.54) is 28.2 Å². The van der Waals surface area contributed by atoms with Crippen molar-refractivity contribution in [1.29, 1.82) is 0 Å². The van der Waals surface area contributed by atoms with Crippen LogP contribution < -0.4 is 9.80 Å². The van der Waals surface area contributed by atoms with Crippen LogP contribution in [0, 0.1) is 5.92 Å². The van der Waals surface area contributed by atoms with Crippen LogP contribution in [0.15, 0.2) is 191 Å². The third-order valence-corrected chi connectivity index (χ3v) is 14.2. The van der Waals surface area contributed by atoms with Gasteiger partial charge in [0, 0.05) is 64.7 Å². The van der Waals surface area contributed by atoms with Gasteiger partial charge < -0.3 is 14.7 Å². The van der Waals surface area contributed by atoms with Gasteiger partial charge >= 0.3 is 0 Å². The van der Waals surface area contributed by atoms with Gasteiger partial charge in [-0.1, -0.05) is 134 Å². The molecule has 3 aliphatic carbocycles. The first kappa shape index (κ1) is 39.1. The van der Waals surface area contributed by atoms with Gasteiger partial charge in [0.1, 0.15) is 12.0 Å². The highest BCUT2D eigenvalue weighted by molar-refractivity contribution is 6.18. The lowest BCUT2D eigenvalue weighted by atomic mass is 9.73. The molecular formula is C57H54N6. The largest absolute Gasteiger partial charge is 0.336 e. The van der Waals surface area contributed by atoms with E-state index in [0.29, 0.717) is 12.0 Å². The van der Waals surface area contributed by atoms with Crippen LogP contribution in [0.1, 0.15) is 86.4 Å². The fraction of sp³-hybridized carbons (Fsp3) is 0.246. The number of aromatic nitrogens is 1. The summed E-state index contributed by atoms with van der Waals surface area (Å²) in [6.07, 6.45) is 31.1. The second-order valence-corrected chi connectivity index (χ2v) is 17.8. The van der Waals surface area contributed by atoms with Gasteiger partial charge in [0.2, 0.25) is 0 Å². The Kier molecular flexibility index (Phi) is 10.0. The van der Waals surface area contributed by atoms with Crippen molar-refractivity contribution in [3.05, 3.63) is 209 Å². The Morgan fingerprint density at radius 1 is 0.730 bits per heavy atom. The third-order valence-electron chi connectivity index (χ3n) is 14.2. The summed E-state index contributed by atoms with van der Waals surface area (Å²) in [5, 5.41) is 0. The number of anilines is 3. The summed E-state index contributed by atoms with van der Waals surface area (Å²) >= 11 is 0. The Bertz CT molecular complexity index is 2820. The zero-order chi connectivity index (χ0) is 42.5. The van der Waals surface area contributed by atoms with Crippen molar-refractivity contribution in [2.45, 2.75) is 76.0 Å². The van der Waals surface area contributed by atoms with Crippen molar-refractivity contribution < 1.29 is 0 Å². The summed E-state index contributed by atoms with van der Waals surface area (Å²) in [7, 11) is 2.17. The van der Waals surface area contributed by atoms with Crippen LogP contribution in [0.25, 0.3) is 17.3 Å². The Balaban J connectivity index is 1.17. The van der Waals surface area contributed by atoms with Crippen LogP contribution in [0.3, 0.4) is 0 Å². The van der Waals surface area contributed by atoms with E-state index in [0.717, 1.165) is 83.8 Å². The van der Waals surface area contributed by atoms with E-state index < -0.39 is 0 Å². The minimum absolute atomic E-state index is 0.155. The smallest absolute Gasteiger partial charge is 0.161 e. The normalized spacial score (nSPS) is 24.8. The van der Waals surface area contributed by atoms with Gasteiger partial charge in [-0.2, -0.15) is 0 Å². The number of nitrogens with zero attached hydrogens (tertiary/aromatic N) is 6. The highest BCUT2D eigenvalue weighted by Gasteiger charge is 2.49. The molecule has 6 heteroatoms. The molecule has 63 heavy (non-hydrogen) atoms. The molecule has 0 fully saturated rings. The Morgan fingerprint density at radius 2 is 1.54 bits per heavy atom. The number of rotatable bonds is 8. The van der Waals surface area contributed by atoms with Crippen LogP contribution >= 0.6 is 0 Å². The van der Waals surface area contributed by atoms with Crippen molar-refractivity contribution in [3.63, 3.8) is 0 Å². The molecule has 0 amide bonds. The average Bonchev–Trinajstić information content (AvgIpc) is 3.81. The highest BCUT2D eigenvalue weighted by Crippen LogP contribution is 2.55. The van der Waals surface area contributed by atoms with Gasteiger partial charge in [0.15, 0.2) is 5.84 Å². The maximum Gasteiger partial charge on any atom is 0.161 e. The number of allylic oxidation sites excluding steroid dienone is 7. The third kappa shape index (κ3) is 6.49. The fourth-order valence-corrected chi connectivity index (χ4v) is 11.4. The number of fused-ring (bicyclic) bond motifs is 5. The van der Waals surface area contributed by atoms with Gasteiger partial charge in [-0.25, -0.2) is 9.98 Å². The lowest BCUT2D eigenvalue weighted by molar-refractivity contribution is 0.382. The number of pyridine rings is 1. The number of hydrogen-bond acceptors (Lipinski definition) is 6. The quantitative estimate of drug-likeness (QED) is 0.116. The lowest BCUT2D eigenvalue weighted by Gasteiger charge is -2.40. The first-order valence-corrected chi connectivity index (χ1v) is 22.9. The molecule has 4 heterocycles. The monoisotopic (exact) mass is 822 g/mol. The highest BCUT2D eigenvalue weighted by atomic mass is 15.3. The van der Waals surface area contributed by atoms with E-state index in [2.05, 4.69) is 199 Å². The molecule has 0 bridgehead atoms. The van der Waals surface area contributed by atoms with Gasteiger partial charge in [-0.15, -0.1) is 0 Å². The van der Waals surface area contributed by atoms with E-state index in [1.807, 2.05) is 12.3 Å². The first-order chi connectivity index (χ1) is 31.0. The fourth-order valence-electron chi connectivity index (χ4n) is 11.4. The lowest BCUT2D eigenvalue weighted by Crippen LogP contribution is -2.42. The number of amidine groups is 2. The number of hydrogen-bond donors (Lipinski definition) is 0. The van der Waals surface area contributed by atoms with Crippen molar-refractivity contribution in [3.8, 4) is 11.3 Å². The van der Waals surface area contributed by atoms with Crippen molar-refractivity contribution in [2.75, 3.05) is 16.8 Å². The van der Waals surface area contributed by atoms with Gasteiger partial charge in [-0.05, 0) is 111 Å². The zero-order valence-electron chi connectivity index (χ0n) is 36.5. The molecule has 0 spiro atoms. The van der Waals surface area contributed by atoms with Gasteiger partial charge in [0.05, 0.1) is 17.1 Å². The second-order valence-electron chi connectivity index (χ2n) is 17.8. The van der Waals surface area contributed by atoms with E-state index in [-0.39, 0.29) is 17.6 Å². The van der Waals surface area contributed by atoms with Crippen molar-refractivity contribution >= 4 is 34.8 Å². The molecule has 0 saturated heterocycles. The van der Waals surface area contributed by atoms with E-state index >= 15 is 0 Å². The molecule has 11 rings (SSSR count). The predicted octanol–water partition coefficient (Wildman–Crippen LogP) is 13.1. The van der Waals surface area contributed by atoms with Crippen LogP contribution in [0.2, 0.25) is 0 Å². The maximum atomic E-state index is 5.82. The summed E-state index contributed by atoms with van der Waals surface area (Å²) in [5.41, 5.74) is 14.1. The van der Waals surface area contributed by atoms with Crippen LogP contribution in [0.5, 0.6) is 0 Å². The standard InChI is InChI=1S/C57H54N6/c1-4-5-7-22-39-25-20-30-45(52(39)62-48-33-13-10-26-41(48)42-27-11-14-34-49(42)62)56-60-54(59-55(61(56)3)40-23-8-6-9-24-40)44-29-21-28-43(47-32-17-19-38-58-47)53(44)63-50-35-15-12-31-46(50)57(2)37-18-16-36-51(57)63/h4-10,12,14-15,17-26,28-32,34-35,37-38,41,48,51,55H,11,13,16,27,33,36H2,1-3H3/b5-4-,22-7+. The van der Waals surface area contributed by atoms with Gasteiger partial charge in [-0.3, -0.25) is 4.98 Å². The summed E-state index contributed by atoms with van der Waals surface area (Å²) in [6.45, 7) is 4.49. The summed E-state index contributed by atoms with van der Waals surface area (Å²) in [6, 6.07) is 39.9. The summed E-state index contributed by atoms with van der Waals surface area (Å²) in [5.74, 6) is 2.03. The SMILES string of the molecule is C/C=C\C=C\c1cccc(C2=NC(c3cccc(-c4ccccn4)c3N3c4ccccc4C4(C)C=CCCC34)=NC(c3ccccc3)N2C)c1N1C2=C(CCC=C2)C2C=CCCC21. The van der Waals surface area contributed by atoms with Crippen LogP contribution in [0.4, 0.5) is 17.1 Å². The molecule has 6 aliphatic rings. The molecule has 312 valence electrons. The van der Waals surface area contributed by atoms with Crippen LogP contribution in [-0.2, 0) is 5.41 Å². The number of para-hydroxylation sites is 3. The number of aliphatic imine (C=N–C) groups is 2. The topological polar surface area (TPSA) is 47.3 Å². The zero-order valence-corrected chi connectivity index (χ0v) is 36.5. The van der Waals surface area contributed by atoms with Gasteiger partial charge in [0.25, 0.3) is 0 Å². The molecule has 5 atom stereocenters. The first-order valence-electron chi connectivity index (χ1n) is 22.9. The molecule has 1 aromatic heterocycles. The second kappa shape index (κ2) is 16.2.